The molecule has 1 rings (SSSR count). The van der Waals surface area contributed by atoms with Crippen LogP contribution in [0, 0.1) is 5.41 Å². The first kappa shape index (κ1) is 22.3. The Balaban J connectivity index is 0.00000441. The summed E-state index contributed by atoms with van der Waals surface area (Å²) in [7, 11) is 1.77. The molecule has 1 saturated carbocycles. The molecule has 1 fully saturated rings. The second kappa shape index (κ2) is 11.0. The van der Waals surface area contributed by atoms with Crippen LogP contribution >= 0.6 is 35.7 Å². The van der Waals surface area contributed by atoms with Gasteiger partial charge in [0.1, 0.15) is 0 Å². The highest BCUT2D eigenvalue weighted by Crippen LogP contribution is 2.28. The highest BCUT2D eigenvalue weighted by atomic mass is 127. The molecule has 4 nitrogen and oxygen atoms in total. The van der Waals surface area contributed by atoms with Crippen molar-refractivity contribution in [3.63, 3.8) is 0 Å². The summed E-state index contributed by atoms with van der Waals surface area (Å²) in [4.78, 5) is 4.73. The van der Waals surface area contributed by atoms with Gasteiger partial charge in [0.05, 0.1) is 12.6 Å². The molecule has 0 bridgehead atoms. The Labute approximate surface area is 158 Å². The van der Waals surface area contributed by atoms with Gasteiger partial charge >= 0.3 is 0 Å². The van der Waals surface area contributed by atoms with E-state index in [1.807, 2.05) is 11.8 Å². The summed E-state index contributed by atoms with van der Waals surface area (Å²) in [5.41, 5.74) is 0.104. The van der Waals surface area contributed by atoms with Crippen LogP contribution in [-0.4, -0.2) is 49.8 Å². The molecule has 0 aliphatic heterocycles. The predicted molar refractivity (Wildman–Crippen MR) is 110 cm³/mol. The molecule has 0 aromatic carbocycles. The van der Waals surface area contributed by atoms with Crippen molar-refractivity contribution in [2.75, 3.05) is 26.5 Å². The number of guanidine groups is 1. The van der Waals surface area contributed by atoms with E-state index in [1.165, 1.54) is 19.3 Å². The average Bonchev–Trinajstić information content (AvgIpc) is 2.85. The van der Waals surface area contributed by atoms with Gasteiger partial charge in [-0.25, -0.2) is 0 Å². The first-order valence-corrected chi connectivity index (χ1v) is 9.29. The number of nitrogens with one attached hydrogen (secondary N) is 2. The number of thioether (sulfide) groups is 1. The van der Waals surface area contributed by atoms with E-state index < -0.39 is 0 Å². The van der Waals surface area contributed by atoms with Crippen LogP contribution in [0.2, 0.25) is 0 Å². The molecule has 0 aromatic rings. The minimum absolute atomic E-state index is 0. The van der Waals surface area contributed by atoms with Crippen LogP contribution in [-0.2, 0) is 4.74 Å². The molecule has 132 valence electrons. The Morgan fingerprint density at radius 2 is 2.05 bits per heavy atom. The number of methoxy groups -OCH3 is 1. The second-order valence-electron chi connectivity index (χ2n) is 6.82. The van der Waals surface area contributed by atoms with Gasteiger partial charge in [-0.3, -0.25) is 4.99 Å². The van der Waals surface area contributed by atoms with Crippen molar-refractivity contribution in [3.8, 4) is 0 Å². The van der Waals surface area contributed by atoms with E-state index in [0.29, 0.717) is 12.6 Å². The van der Waals surface area contributed by atoms with Gasteiger partial charge in [0, 0.05) is 24.9 Å². The standard InChI is InChI=1S/C16H33N3OS.HI/c1-7-17-15(18-11-14(20-5)16(2,3)4)19-12-8-9-13(10-12)21-6;/h12-14H,7-11H2,1-6H3,(H2,17,18,19);1H. The molecular formula is C16H34IN3OS. The Morgan fingerprint density at radius 1 is 1.36 bits per heavy atom. The zero-order valence-corrected chi connectivity index (χ0v) is 18.1. The zero-order valence-electron chi connectivity index (χ0n) is 14.9. The summed E-state index contributed by atoms with van der Waals surface area (Å²) < 4.78 is 5.58. The number of hydrogen-bond acceptors (Lipinski definition) is 3. The normalized spacial score (nSPS) is 23.8. The minimum Gasteiger partial charge on any atom is -0.379 e. The van der Waals surface area contributed by atoms with Crippen molar-refractivity contribution in [1.29, 1.82) is 0 Å². The van der Waals surface area contributed by atoms with Crippen molar-refractivity contribution < 1.29 is 4.74 Å². The highest BCUT2D eigenvalue weighted by Gasteiger charge is 2.26. The second-order valence-corrected chi connectivity index (χ2v) is 7.96. The Bertz CT molecular complexity index is 334. The van der Waals surface area contributed by atoms with Gasteiger partial charge in [0.25, 0.3) is 0 Å². The summed E-state index contributed by atoms with van der Waals surface area (Å²) in [6, 6.07) is 0.552. The third-order valence-corrected chi connectivity index (χ3v) is 5.16. The van der Waals surface area contributed by atoms with Gasteiger partial charge < -0.3 is 15.4 Å². The predicted octanol–water partition coefficient (Wildman–Crippen LogP) is 3.50. The lowest BCUT2D eigenvalue weighted by Gasteiger charge is -2.28. The molecule has 0 heterocycles. The van der Waals surface area contributed by atoms with Crippen LogP contribution in [0.4, 0.5) is 0 Å². The van der Waals surface area contributed by atoms with E-state index >= 15 is 0 Å². The van der Waals surface area contributed by atoms with Gasteiger partial charge in [-0.2, -0.15) is 11.8 Å². The number of halogens is 1. The van der Waals surface area contributed by atoms with Crippen LogP contribution in [0.15, 0.2) is 4.99 Å². The third kappa shape index (κ3) is 7.73. The molecule has 22 heavy (non-hydrogen) atoms. The maximum absolute atomic E-state index is 5.58. The van der Waals surface area contributed by atoms with Crippen LogP contribution < -0.4 is 10.6 Å². The Morgan fingerprint density at radius 3 is 2.50 bits per heavy atom. The Kier molecular flexibility index (Phi) is 11.1. The molecule has 6 heteroatoms. The lowest BCUT2D eigenvalue weighted by Crippen LogP contribution is -2.43. The fourth-order valence-corrected chi connectivity index (χ4v) is 3.47. The molecular weight excluding hydrogens is 409 g/mol. The lowest BCUT2D eigenvalue weighted by atomic mass is 9.89. The molecule has 3 atom stereocenters. The first-order chi connectivity index (χ1) is 9.90. The van der Waals surface area contributed by atoms with Crippen LogP contribution in [0.5, 0.6) is 0 Å². The average molecular weight is 443 g/mol. The summed E-state index contributed by atoms with van der Waals surface area (Å²) in [5, 5.41) is 7.73. The van der Waals surface area contributed by atoms with Gasteiger partial charge in [-0.15, -0.1) is 24.0 Å². The summed E-state index contributed by atoms with van der Waals surface area (Å²) >= 11 is 1.98. The number of ether oxygens (including phenoxy) is 1. The molecule has 0 saturated heterocycles. The van der Waals surface area contributed by atoms with E-state index in [4.69, 9.17) is 9.73 Å². The maximum atomic E-state index is 5.58. The topological polar surface area (TPSA) is 45.7 Å². The van der Waals surface area contributed by atoms with E-state index in [1.54, 1.807) is 7.11 Å². The molecule has 2 N–H and O–H groups in total. The fourth-order valence-electron chi connectivity index (χ4n) is 2.67. The molecule has 1 aliphatic carbocycles. The summed E-state index contributed by atoms with van der Waals surface area (Å²) in [6.45, 7) is 10.3. The van der Waals surface area contributed by atoms with Crippen LogP contribution in [0.1, 0.15) is 47.0 Å². The van der Waals surface area contributed by atoms with E-state index in [9.17, 15) is 0 Å². The van der Waals surface area contributed by atoms with E-state index in [2.05, 4.69) is 44.6 Å². The smallest absolute Gasteiger partial charge is 0.191 e. The quantitative estimate of drug-likeness (QED) is 0.375. The lowest BCUT2D eigenvalue weighted by molar-refractivity contribution is 0.0241. The van der Waals surface area contributed by atoms with Gasteiger partial charge in [0.2, 0.25) is 0 Å². The maximum Gasteiger partial charge on any atom is 0.191 e. The zero-order chi connectivity index (χ0) is 15.9. The summed E-state index contributed by atoms with van der Waals surface area (Å²) in [5.74, 6) is 0.926. The van der Waals surface area contributed by atoms with Gasteiger partial charge in [-0.05, 0) is 37.9 Å². The summed E-state index contributed by atoms with van der Waals surface area (Å²) in [6.07, 6.45) is 6.12. The monoisotopic (exact) mass is 443 g/mol. The molecule has 0 aromatic heterocycles. The van der Waals surface area contributed by atoms with Crippen molar-refractivity contribution >= 4 is 41.7 Å². The SMILES string of the molecule is CCNC(=NCC(OC)C(C)(C)C)NC1CCC(SC)C1.I. The number of aliphatic imine (C=N–C) groups is 1. The number of rotatable bonds is 6. The van der Waals surface area contributed by atoms with E-state index in [-0.39, 0.29) is 35.5 Å². The number of nitrogens with zero attached hydrogens (tertiary/aromatic N) is 1. The molecule has 1 aliphatic rings. The number of hydrogen-bond donors (Lipinski definition) is 2. The van der Waals surface area contributed by atoms with Crippen molar-refractivity contribution in [2.24, 2.45) is 10.4 Å². The molecule has 0 amide bonds. The minimum atomic E-state index is 0. The molecule has 0 radical (unpaired) electrons. The van der Waals surface area contributed by atoms with Gasteiger partial charge in [0.15, 0.2) is 5.96 Å². The Hall–Kier alpha value is 0.310. The van der Waals surface area contributed by atoms with Crippen molar-refractivity contribution in [3.05, 3.63) is 0 Å². The van der Waals surface area contributed by atoms with E-state index in [0.717, 1.165) is 17.8 Å². The molecule has 3 unspecified atom stereocenters. The van der Waals surface area contributed by atoms with Crippen molar-refractivity contribution in [2.45, 2.75) is 64.4 Å². The van der Waals surface area contributed by atoms with Crippen LogP contribution in [0.3, 0.4) is 0 Å². The fraction of sp³-hybridized carbons (Fsp3) is 0.938. The van der Waals surface area contributed by atoms with Crippen molar-refractivity contribution in [1.82, 2.24) is 10.6 Å². The first-order valence-electron chi connectivity index (χ1n) is 8.01. The largest absolute Gasteiger partial charge is 0.379 e. The third-order valence-electron chi connectivity index (χ3n) is 4.07. The molecule has 0 spiro atoms. The highest BCUT2D eigenvalue weighted by molar-refractivity contribution is 14.0. The van der Waals surface area contributed by atoms with Gasteiger partial charge in [-0.1, -0.05) is 20.8 Å². The van der Waals surface area contributed by atoms with Crippen LogP contribution in [0.25, 0.3) is 0 Å².